The summed E-state index contributed by atoms with van der Waals surface area (Å²) in [4.78, 5) is 13.8. The van der Waals surface area contributed by atoms with Gasteiger partial charge in [0, 0.05) is 31.6 Å². The Kier molecular flexibility index (Phi) is 4.53. The molecule has 1 aromatic rings. The van der Waals surface area contributed by atoms with Crippen LogP contribution in [0.25, 0.3) is 0 Å². The molecule has 3 nitrogen and oxygen atoms in total. The van der Waals surface area contributed by atoms with Gasteiger partial charge in [-0.25, -0.2) is 4.39 Å². The molecule has 1 amide bonds. The lowest BCUT2D eigenvalue weighted by molar-refractivity contribution is -0.131. The highest BCUT2D eigenvalue weighted by Gasteiger charge is 2.21. The van der Waals surface area contributed by atoms with Crippen LogP contribution in [0.2, 0.25) is 0 Å². The first-order valence-electron chi connectivity index (χ1n) is 6.85. The van der Waals surface area contributed by atoms with Crippen LogP contribution >= 0.6 is 0 Å². The maximum Gasteiger partial charge on any atom is 0.222 e. The smallest absolute Gasteiger partial charge is 0.222 e. The van der Waals surface area contributed by atoms with E-state index in [1.807, 2.05) is 0 Å². The summed E-state index contributed by atoms with van der Waals surface area (Å²) in [7, 11) is 0. The second kappa shape index (κ2) is 6.15. The van der Waals surface area contributed by atoms with Gasteiger partial charge in [0.05, 0.1) is 0 Å². The zero-order valence-electron chi connectivity index (χ0n) is 11.4. The van der Waals surface area contributed by atoms with Gasteiger partial charge < -0.3 is 10.6 Å². The molecule has 0 saturated carbocycles. The lowest BCUT2D eigenvalue weighted by Gasteiger charge is -2.21. The summed E-state index contributed by atoms with van der Waals surface area (Å²) in [6.45, 7) is 3.61. The maximum absolute atomic E-state index is 13.8. The molecule has 1 unspecified atom stereocenters. The van der Waals surface area contributed by atoms with Gasteiger partial charge in [-0.3, -0.25) is 4.79 Å². The molecule has 2 rings (SSSR count). The Morgan fingerprint density at radius 3 is 2.95 bits per heavy atom. The molecule has 1 aliphatic rings. The van der Waals surface area contributed by atoms with Crippen molar-refractivity contribution in [2.45, 2.75) is 39.3 Å². The van der Waals surface area contributed by atoms with E-state index in [1.165, 1.54) is 6.07 Å². The van der Waals surface area contributed by atoms with Gasteiger partial charge in [-0.1, -0.05) is 13.0 Å². The number of carbonyl (C=O) groups is 1. The minimum absolute atomic E-state index is 0.127. The molecule has 0 spiro atoms. The van der Waals surface area contributed by atoms with Crippen LogP contribution < -0.4 is 5.73 Å². The lowest BCUT2D eigenvalue weighted by Crippen LogP contribution is -2.30. The van der Waals surface area contributed by atoms with Crippen molar-refractivity contribution in [3.8, 4) is 0 Å². The van der Waals surface area contributed by atoms with Crippen LogP contribution in [-0.4, -0.2) is 17.4 Å². The van der Waals surface area contributed by atoms with Crippen LogP contribution in [-0.2, 0) is 17.9 Å². The summed E-state index contributed by atoms with van der Waals surface area (Å²) < 4.78 is 13.8. The Morgan fingerprint density at radius 2 is 2.21 bits per heavy atom. The van der Waals surface area contributed by atoms with Gasteiger partial charge in [0.2, 0.25) is 5.91 Å². The lowest BCUT2D eigenvalue weighted by atomic mass is 10.0. The minimum atomic E-state index is -0.262. The normalized spacial score (nSPS) is 20.5. The van der Waals surface area contributed by atoms with Crippen molar-refractivity contribution in [1.29, 1.82) is 0 Å². The fourth-order valence-corrected chi connectivity index (χ4v) is 2.42. The van der Waals surface area contributed by atoms with Crippen LogP contribution in [0.4, 0.5) is 4.39 Å². The number of hydrogen-bond acceptors (Lipinski definition) is 2. The molecule has 0 aromatic heterocycles. The summed E-state index contributed by atoms with van der Waals surface area (Å²) in [6, 6.07) is 4.88. The standard InChI is InChI=1S/C15H21FN2O/c1-11-2-5-15(19)18(7-6-11)10-13-8-12(9-17)3-4-14(13)16/h3-4,8,11H,2,5-7,9-10,17H2,1H3. The highest BCUT2D eigenvalue weighted by molar-refractivity contribution is 5.76. The largest absolute Gasteiger partial charge is 0.338 e. The monoisotopic (exact) mass is 264 g/mol. The molecule has 2 N–H and O–H groups in total. The first-order valence-corrected chi connectivity index (χ1v) is 6.85. The van der Waals surface area contributed by atoms with Crippen molar-refractivity contribution in [2.75, 3.05) is 6.54 Å². The number of amides is 1. The second-order valence-corrected chi connectivity index (χ2v) is 5.38. The summed E-state index contributed by atoms with van der Waals surface area (Å²) in [5.74, 6) is 0.429. The number of carbonyl (C=O) groups excluding carboxylic acids is 1. The highest BCUT2D eigenvalue weighted by atomic mass is 19.1. The molecule has 1 aromatic carbocycles. The minimum Gasteiger partial charge on any atom is -0.338 e. The maximum atomic E-state index is 13.8. The molecule has 0 aliphatic carbocycles. The number of nitrogens with two attached hydrogens (primary N) is 1. The van der Waals surface area contributed by atoms with Gasteiger partial charge >= 0.3 is 0 Å². The Balaban J connectivity index is 2.13. The third kappa shape index (κ3) is 3.53. The number of hydrogen-bond donors (Lipinski definition) is 1. The molecule has 0 bridgehead atoms. The van der Waals surface area contributed by atoms with Gasteiger partial charge in [0.1, 0.15) is 5.82 Å². The van der Waals surface area contributed by atoms with E-state index in [0.717, 1.165) is 18.4 Å². The van der Waals surface area contributed by atoms with Gasteiger partial charge in [-0.05, 0) is 36.5 Å². The Labute approximate surface area is 113 Å². The summed E-state index contributed by atoms with van der Waals surface area (Å²) >= 11 is 0. The Morgan fingerprint density at radius 1 is 1.42 bits per heavy atom. The summed E-state index contributed by atoms with van der Waals surface area (Å²) in [5, 5.41) is 0. The second-order valence-electron chi connectivity index (χ2n) is 5.38. The van der Waals surface area contributed by atoms with Crippen molar-refractivity contribution in [1.82, 2.24) is 4.90 Å². The summed E-state index contributed by atoms with van der Waals surface area (Å²) in [6.07, 6.45) is 2.49. The van der Waals surface area contributed by atoms with E-state index in [0.29, 0.717) is 37.5 Å². The quantitative estimate of drug-likeness (QED) is 0.911. The fraction of sp³-hybridized carbons (Fsp3) is 0.533. The van der Waals surface area contributed by atoms with Crippen LogP contribution in [0.1, 0.15) is 37.3 Å². The van der Waals surface area contributed by atoms with Crippen molar-refractivity contribution in [3.63, 3.8) is 0 Å². The van der Waals surface area contributed by atoms with E-state index < -0.39 is 0 Å². The number of benzene rings is 1. The van der Waals surface area contributed by atoms with Crippen molar-refractivity contribution in [2.24, 2.45) is 11.7 Å². The molecule has 1 heterocycles. The molecule has 4 heteroatoms. The molecule has 19 heavy (non-hydrogen) atoms. The van der Waals surface area contributed by atoms with Crippen LogP contribution in [0.15, 0.2) is 18.2 Å². The Hall–Kier alpha value is -1.42. The molecule has 1 saturated heterocycles. The van der Waals surface area contributed by atoms with Crippen LogP contribution in [0.5, 0.6) is 0 Å². The number of nitrogens with zero attached hydrogens (tertiary/aromatic N) is 1. The van der Waals surface area contributed by atoms with Gasteiger partial charge in [0.25, 0.3) is 0 Å². The number of halogens is 1. The predicted octanol–water partition coefficient (Wildman–Crippen LogP) is 2.43. The fourth-order valence-electron chi connectivity index (χ4n) is 2.42. The first-order chi connectivity index (χ1) is 9.10. The zero-order valence-corrected chi connectivity index (χ0v) is 11.4. The van der Waals surface area contributed by atoms with E-state index in [-0.39, 0.29) is 11.7 Å². The van der Waals surface area contributed by atoms with Crippen molar-refractivity contribution in [3.05, 3.63) is 35.1 Å². The average molecular weight is 264 g/mol. The summed E-state index contributed by atoms with van der Waals surface area (Å²) in [5.41, 5.74) is 7.03. The SMILES string of the molecule is CC1CCC(=O)N(Cc2cc(CN)ccc2F)CC1. The third-order valence-electron chi connectivity index (χ3n) is 3.80. The topological polar surface area (TPSA) is 46.3 Å². The molecular formula is C15H21FN2O. The van der Waals surface area contributed by atoms with E-state index in [1.54, 1.807) is 17.0 Å². The van der Waals surface area contributed by atoms with Gasteiger partial charge in [0.15, 0.2) is 0 Å². The van der Waals surface area contributed by atoms with Gasteiger partial charge in [-0.15, -0.1) is 0 Å². The van der Waals surface area contributed by atoms with Crippen LogP contribution in [0.3, 0.4) is 0 Å². The van der Waals surface area contributed by atoms with Crippen molar-refractivity contribution < 1.29 is 9.18 Å². The molecular weight excluding hydrogens is 243 g/mol. The molecule has 1 fully saturated rings. The van der Waals surface area contributed by atoms with Crippen LogP contribution in [0, 0.1) is 11.7 Å². The predicted molar refractivity (Wildman–Crippen MR) is 72.7 cm³/mol. The molecule has 1 aliphatic heterocycles. The van der Waals surface area contributed by atoms with E-state index in [4.69, 9.17) is 5.73 Å². The first kappa shape index (κ1) is 14.0. The van der Waals surface area contributed by atoms with Gasteiger partial charge in [-0.2, -0.15) is 0 Å². The van der Waals surface area contributed by atoms with E-state index in [2.05, 4.69) is 6.92 Å². The molecule has 104 valence electrons. The van der Waals surface area contributed by atoms with E-state index in [9.17, 15) is 9.18 Å². The zero-order chi connectivity index (χ0) is 13.8. The number of rotatable bonds is 3. The average Bonchev–Trinajstić information content (AvgIpc) is 2.56. The third-order valence-corrected chi connectivity index (χ3v) is 3.80. The molecule has 0 radical (unpaired) electrons. The Bertz CT molecular complexity index is 461. The molecule has 1 atom stereocenters. The van der Waals surface area contributed by atoms with Crippen molar-refractivity contribution >= 4 is 5.91 Å². The highest BCUT2D eigenvalue weighted by Crippen LogP contribution is 2.20. The van der Waals surface area contributed by atoms with E-state index >= 15 is 0 Å². The number of likely N-dealkylation sites (tertiary alicyclic amines) is 1.